The number of amides is 1. The van der Waals surface area contributed by atoms with E-state index in [-0.39, 0.29) is 22.4 Å². The molecular formula is C17H26ClN3O3S. The average Bonchev–Trinajstić information content (AvgIpc) is 3.14. The Hall–Kier alpha value is -1.15. The first-order chi connectivity index (χ1) is 11.8. The molecule has 0 aromatic heterocycles. The van der Waals surface area contributed by atoms with E-state index in [9.17, 15) is 13.2 Å². The highest BCUT2D eigenvalue weighted by atomic mass is 35.5. The van der Waals surface area contributed by atoms with E-state index >= 15 is 0 Å². The molecule has 1 amide bonds. The van der Waals surface area contributed by atoms with Crippen LogP contribution in [0.2, 0.25) is 5.02 Å². The van der Waals surface area contributed by atoms with Crippen molar-refractivity contribution in [3.05, 3.63) is 23.2 Å². The smallest absolute Gasteiger partial charge is 0.244 e. The molecular weight excluding hydrogens is 362 g/mol. The Labute approximate surface area is 154 Å². The van der Waals surface area contributed by atoms with E-state index in [0.29, 0.717) is 31.6 Å². The summed E-state index contributed by atoms with van der Waals surface area (Å²) in [5.74, 6) is -0.202. The number of carbonyl (C=O) groups excluding carboxylic acids is 1. The zero-order chi connectivity index (χ0) is 18.7. The SMILES string of the molecule is CCC(CC)(CN)C(=O)Nc1ccc(Cl)c(S(=O)(=O)N2CCCC2)c1. The van der Waals surface area contributed by atoms with Crippen LogP contribution in [0.15, 0.2) is 23.1 Å². The summed E-state index contributed by atoms with van der Waals surface area (Å²) in [6, 6.07) is 4.54. The molecule has 0 bridgehead atoms. The maximum atomic E-state index is 12.8. The normalized spacial score (nSPS) is 16.2. The van der Waals surface area contributed by atoms with Gasteiger partial charge in [0.25, 0.3) is 0 Å². The minimum atomic E-state index is -3.65. The van der Waals surface area contributed by atoms with E-state index in [4.69, 9.17) is 17.3 Å². The van der Waals surface area contributed by atoms with E-state index in [2.05, 4.69) is 5.32 Å². The van der Waals surface area contributed by atoms with Gasteiger partial charge >= 0.3 is 0 Å². The van der Waals surface area contributed by atoms with Crippen molar-refractivity contribution in [2.75, 3.05) is 25.0 Å². The summed E-state index contributed by atoms with van der Waals surface area (Å²) < 4.78 is 27.0. The van der Waals surface area contributed by atoms with Gasteiger partial charge in [-0.15, -0.1) is 0 Å². The topological polar surface area (TPSA) is 92.5 Å². The largest absolute Gasteiger partial charge is 0.329 e. The molecule has 8 heteroatoms. The maximum absolute atomic E-state index is 12.8. The van der Waals surface area contributed by atoms with Crippen molar-refractivity contribution in [2.45, 2.75) is 44.4 Å². The van der Waals surface area contributed by atoms with Crippen LogP contribution in [0.3, 0.4) is 0 Å². The highest BCUT2D eigenvalue weighted by Crippen LogP contribution is 2.31. The second-order valence-electron chi connectivity index (χ2n) is 6.40. The van der Waals surface area contributed by atoms with Gasteiger partial charge in [-0.2, -0.15) is 4.31 Å². The number of nitrogens with one attached hydrogen (secondary N) is 1. The van der Waals surface area contributed by atoms with Crippen molar-refractivity contribution < 1.29 is 13.2 Å². The molecule has 1 fully saturated rings. The highest BCUT2D eigenvalue weighted by molar-refractivity contribution is 7.89. The number of sulfonamides is 1. The Morgan fingerprint density at radius 2 is 1.88 bits per heavy atom. The summed E-state index contributed by atoms with van der Waals surface area (Å²) >= 11 is 6.13. The van der Waals surface area contributed by atoms with Crippen LogP contribution >= 0.6 is 11.6 Å². The number of anilines is 1. The number of benzene rings is 1. The quantitative estimate of drug-likeness (QED) is 0.752. The lowest BCUT2D eigenvalue weighted by Crippen LogP contribution is -2.41. The first-order valence-electron chi connectivity index (χ1n) is 8.62. The van der Waals surface area contributed by atoms with Crippen LogP contribution in [0.25, 0.3) is 0 Å². The van der Waals surface area contributed by atoms with E-state index in [1.54, 1.807) is 6.07 Å². The number of carbonyl (C=O) groups is 1. The third-order valence-corrected chi connectivity index (χ3v) is 7.48. The fraction of sp³-hybridized carbons (Fsp3) is 0.588. The third-order valence-electron chi connectivity index (χ3n) is 5.10. The van der Waals surface area contributed by atoms with E-state index < -0.39 is 15.4 Å². The van der Waals surface area contributed by atoms with Crippen LogP contribution < -0.4 is 11.1 Å². The Bertz CT molecular complexity index is 718. The van der Waals surface area contributed by atoms with Gasteiger partial charge in [0, 0.05) is 25.3 Å². The number of nitrogens with two attached hydrogens (primary N) is 1. The molecule has 1 aromatic carbocycles. The standard InChI is InChI=1S/C17H26ClN3O3S/c1-3-17(4-2,12-19)16(22)20-13-7-8-14(18)15(11-13)25(23,24)21-9-5-6-10-21/h7-8,11H,3-6,9-10,12,19H2,1-2H3,(H,20,22). The van der Waals surface area contributed by atoms with Crippen molar-refractivity contribution in [2.24, 2.45) is 11.1 Å². The molecule has 0 aliphatic carbocycles. The third kappa shape index (κ3) is 4.00. The fourth-order valence-electron chi connectivity index (χ4n) is 3.06. The van der Waals surface area contributed by atoms with Crippen molar-refractivity contribution >= 4 is 33.2 Å². The molecule has 25 heavy (non-hydrogen) atoms. The molecule has 1 aliphatic heterocycles. The first-order valence-corrected chi connectivity index (χ1v) is 10.4. The van der Waals surface area contributed by atoms with Crippen molar-refractivity contribution in [1.29, 1.82) is 0 Å². The molecule has 1 heterocycles. The van der Waals surface area contributed by atoms with Crippen LogP contribution in [0.1, 0.15) is 39.5 Å². The molecule has 0 atom stereocenters. The summed E-state index contributed by atoms with van der Waals surface area (Å²) in [7, 11) is -3.65. The molecule has 1 saturated heterocycles. The first kappa shape index (κ1) is 20.2. The zero-order valence-electron chi connectivity index (χ0n) is 14.7. The molecule has 3 N–H and O–H groups in total. The zero-order valence-corrected chi connectivity index (χ0v) is 16.3. The average molecular weight is 388 g/mol. The summed E-state index contributed by atoms with van der Waals surface area (Å²) in [6.45, 7) is 5.06. The lowest BCUT2D eigenvalue weighted by atomic mass is 9.81. The molecule has 0 spiro atoms. The second kappa shape index (κ2) is 8.03. The van der Waals surface area contributed by atoms with E-state index in [0.717, 1.165) is 12.8 Å². The molecule has 2 rings (SSSR count). The summed E-state index contributed by atoms with van der Waals surface area (Å²) in [4.78, 5) is 12.7. The van der Waals surface area contributed by atoms with Crippen LogP contribution in [0.4, 0.5) is 5.69 Å². The number of hydrogen-bond donors (Lipinski definition) is 2. The highest BCUT2D eigenvalue weighted by Gasteiger charge is 2.34. The molecule has 1 aromatic rings. The van der Waals surface area contributed by atoms with Gasteiger partial charge in [0.2, 0.25) is 15.9 Å². The predicted molar refractivity (Wildman–Crippen MR) is 100 cm³/mol. The van der Waals surface area contributed by atoms with E-state index in [1.807, 2.05) is 13.8 Å². The predicted octanol–water partition coefficient (Wildman–Crippen LogP) is 2.83. The van der Waals surface area contributed by atoms with Crippen LogP contribution in [-0.4, -0.2) is 38.3 Å². The number of hydrogen-bond acceptors (Lipinski definition) is 4. The van der Waals surface area contributed by atoms with Crippen molar-refractivity contribution in [3.63, 3.8) is 0 Å². The molecule has 1 aliphatic rings. The molecule has 140 valence electrons. The van der Waals surface area contributed by atoms with Gasteiger partial charge in [0.1, 0.15) is 4.90 Å². The summed E-state index contributed by atoms with van der Waals surface area (Å²) in [5, 5.41) is 2.96. The fourth-order valence-corrected chi connectivity index (χ4v) is 5.08. The number of halogens is 1. The Balaban J connectivity index is 2.31. The number of nitrogens with zero attached hydrogens (tertiary/aromatic N) is 1. The van der Waals surface area contributed by atoms with Gasteiger partial charge in [-0.25, -0.2) is 8.42 Å². The number of rotatable bonds is 7. The van der Waals surface area contributed by atoms with Gasteiger partial charge < -0.3 is 11.1 Å². The van der Waals surface area contributed by atoms with Crippen LogP contribution in [0, 0.1) is 5.41 Å². The van der Waals surface area contributed by atoms with Crippen molar-refractivity contribution in [3.8, 4) is 0 Å². The molecule has 0 unspecified atom stereocenters. The monoisotopic (exact) mass is 387 g/mol. The maximum Gasteiger partial charge on any atom is 0.244 e. The van der Waals surface area contributed by atoms with Gasteiger partial charge in [-0.1, -0.05) is 25.4 Å². The summed E-state index contributed by atoms with van der Waals surface area (Å²) in [5.41, 5.74) is 5.55. The molecule has 6 nitrogen and oxygen atoms in total. The van der Waals surface area contributed by atoms with Crippen molar-refractivity contribution in [1.82, 2.24) is 4.31 Å². The summed E-state index contributed by atoms with van der Waals surface area (Å²) in [6.07, 6.45) is 2.91. The van der Waals surface area contributed by atoms with Crippen LogP contribution in [0.5, 0.6) is 0 Å². The lowest BCUT2D eigenvalue weighted by Gasteiger charge is -2.28. The lowest BCUT2D eigenvalue weighted by molar-refractivity contribution is -0.125. The molecule has 0 radical (unpaired) electrons. The van der Waals surface area contributed by atoms with Gasteiger partial charge in [-0.3, -0.25) is 4.79 Å². The minimum Gasteiger partial charge on any atom is -0.329 e. The van der Waals surface area contributed by atoms with E-state index in [1.165, 1.54) is 16.4 Å². The van der Waals surface area contributed by atoms with Gasteiger partial charge in [0.15, 0.2) is 0 Å². The second-order valence-corrected chi connectivity index (χ2v) is 8.72. The minimum absolute atomic E-state index is 0.0280. The Morgan fingerprint density at radius 1 is 1.28 bits per heavy atom. The van der Waals surface area contributed by atoms with Gasteiger partial charge in [-0.05, 0) is 43.9 Å². The Morgan fingerprint density at radius 3 is 2.40 bits per heavy atom. The Kier molecular flexibility index (Phi) is 6.48. The van der Waals surface area contributed by atoms with Crippen LogP contribution in [-0.2, 0) is 14.8 Å². The van der Waals surface area contributed by atoms with Gasteiger partial charge in [0.05, 0.1) is 10.4 Å². The molecule has 0 saturated carbocycles.